The zero-order valence-corrected chi connectivity index (χ0v) is 14.9. The molecule has 0 aliphatic heterocycles. The zero-order valence-electron chi connectivity index (χ0n) is 14.1. The number of nitrogens with zero attached hydrogens (tertiary/aromatic N) is 1. The van der Waals surface area contributed by atoms with Gasteiger partial charge in [0.1, 0.15) is 0 Å². The van der Waals surface area contributed by atoms with Gasteiger partial charge in [0.15, 0.2) is 0 Å². The van der Waals surface area contributed by atoms with Crippen molar-refractivity contribution < 1.29 is 4.21 Å². The van der Waals surface area contributed by atoms with E-state index >= 15 is 0 Å². The number of hydrogen-bond acceptors (Lipinski definition) is 1. The maximum Gasteiger partial charge on any atom is 0.0871 e. The minimum atomic E-state index is -1.19. The van der Waals surface area contributed by atoms with Gasteiger partial charge in [0.25, 0.3) is 0 Å². The summed E-state index contributed by atoms with van der Waals surface area (Å²) in [6.07, 6.45) is 2.04. The van der Waals surface area contributed by atoms with Crippen LogP contribution in [0.1, 0.15) is 11.1 Å². The molecule has 4 rings (SSSR count). The van der Waals surface area contributed by atoms with Crippen molar-refractivity contribution in [2.45, 2.75) is 23.3 Å². The van der Waals surface area contributed by atoms with Gasteiger partial charge < -0.3 is 4.57 Å². The number of rotatable bonds is 4. The zero-order chi connectivity index (χ0) is 17.2. The Bertz CT molecular complexity index is 1030. The lowest BCUT2D eigenvalue weighted by Crippen LogP contribution is -1.97. The van der Waals surface area contributed by atoms with Crippen LogP contribution in [0.25, 0.3) is 10.9 Å². The number of para-hydroxylation sites is 1. The molecule has 1 heterocycles. The Labute approximate surface area is 150 Å². The van der Waals surface area contributed by atoms with Gasteiger partial charge >= 0.3 is 0 Å². The van der Waals surface area contributed by atoms with Gasteiger partial charge in [-0.25, -0.2) is 4.21 Å². The Hall–Kier alpha value is -2.65. The Balaban J connectivity index is 1.79. The highest BCUT2D eigenvalue weighted by Crippen LogP contribution is 2.28. The molecule has 0 bridgehead atoms. The normalized spacial score (nSPS) is 12.4. The topological polar surface area (TPSA) is 22.0 Å². The molecule has 0 saturated heterocycles. The third-order valence-electron chi connectivity index (χ3n) is 4.38. The Morgan fingerprint density at radius 2 is 1.52 bits per heavy atom. The Kier molecular flexibility index (Phi) is 4.24. The van der Waals surface area contributed by atoms with Crippen molar-refractivity contribution in [3.63, 3.8) is 0 Å². The van der Waals surface area contributed by atoms with E-state index < -0.39 is 10.8 Å². The lowest BCUT2D eigenvalue weighted by atomic mass is 10.2. The van der Waals surface area contributed by atoms with Crippen molar-refractivity contribution in [3.05, 3.63) is 96.2 Å². The molecule has 3 heteroatoms. The Morgan fingerprint density at radius 1 is 0.840 bits per heavy atom. The largest absolute Gasteiger partial charge is 0.342 e. The fourth-order valence-electron chi connectivity index (χ4n) is 3.06. The van der Waals surface area contributed by atoms with Gasteiger partial charge in [-0.2, -0.15) is 0 Å². The molecule has 0 amide bonds. The molecule has 0 fully saturated rings. The first kappa shape index (κ1) is 15.9. The first-order chi connectivity index (χ1) is 12.2. The number of fused-ring (bicyclic) bond motifs is 1. The molecule has 2 nitrogen and oxygen atoms in total. The lowest BCUT2D eigenvalue weighted by molar-refractivity contribution is 0.683. The summed E-state index contributed by atoms with van der Waals surface area (Å²) in [5.41, 5.74) is 3.52. The molecule has 1 unspecified atom stereocenters. The molecule has 4 aromatic rings. The van der Waals surface area contributed by atoms with Gasteiger partial charge in [0, 0.05) is 28.5 Å². The maximum absolute atomic E-state index is 13.1. The molecule has 124 valence electrons. The molecule has 0 radical (unpaired) electrons. The maximum atomic E-state index is 13.1. The third-order valence-corrected chi connectivity index (χ3v) is 5.81. The molecular weight excluding hydrogens is 326 g/mol. The van der Waals surface area contributed by atoms with Gasteiger partial charge in [-0.15, -0.1) is 0 Å². The molecule has 1 aromatic heterocycles. The predicted molar refractivity (Wildman–Crippen MR) is 103 cm³/mol. The average Bonchev–Trinajstić information content (AvgIpc) is 3.01. The highest BCUT2D eigenvalue weighted by atomic mass is 32.2. The lowest BCUT2D eigenvalue weighted by Gasteiger charge is -2.05. The van der Waals surface area contributed by atoms with Crippen molar-refractivity contribution >= 4 is 21.7 Å². The van der Waals surface area contributed by atoms with Crippen LogP contribution in [0.5, 0.6) is 0 Å². The highest BCUT2D eigenvalue weighted by Gasteiger charge is 2.15. The van der Waals surface area contributed by atoms with E-state index in [4.69, 9.17) is 0 Å². The summed E-state index contributed by atoms with van der Waals surface area (Å²) >= 11 is 0. The second kappa shape index (κ2) is 6.69. The van der Waals surface area contributed by atoms with Gasteiger partial charge in [-0.1, -0.05) is 66.2 Å². The van der Waals surface area contributed by atoms with E-state index in [1.165, 1.54) is 11.1 Å². The second-order valence-electron chi connectivity index (χ2n) is 6.21. The quantitative estimate of drug-likeness (QED) is 0.500. The highest BCUT2D eigenvalue weighted by molar-refractivity contribution is 7.85. The molecule has 0 spiro atoms. The average molecular weight is 345 g/mol. The molecule has 0 aliphatic carbocycles. The van der Waals surface area contributed by atoms with Crippen molar-refractivity contribution in [2.75, 3.05) is 0 Å². The summed E-state index contributed by atoms with van der Waals surface area (Å²) in [5.74, 6) is 0. The summed E-state index contributed by atoms with van der Waals surface area (Å²) in [4.78, 5) is 1.71. The Morgan fingerprint density at radius 3 is 2.28 bits per heavy atom. The molecule has 25 heavy (non-hydrogen) atoms. The second-order valence-corrected chi connectivity index (χ2v) is 7.65. The summed E-state index contributed by atoms with van der Waals surface area (Å²) in [6, 6.07) is 26.5. The summed E-state index contributed by atoms with van der Waals surface area (Å²) in [7, 11) is -1.19. The number of benzene rings is 3. The SMILES string of the molecule is Cc1ccc(S(=O)c2cn(Cc3ccccc3)c3ccccc23)cc1. The van der Waals surface area contributed by atoms with E-state index in [0.29, 0.717) is 0 Å². The standard InChI is InChI=1S/C22H19NOS/c1-17-11-13-19(14-12-17)25(24)22-16-23(15-18-7-3-2-4-8-18)21-10-6-5-9-20(21)22/h2-14,16H,15H2,1H3. The van der Waals surface area contributed by atoms with E-state index in [1.807, 2.05) is 67.7 Å². The first-order valence-corrected chi connectivity index (χ1v) is 9.47. The molecular formula is C22H19NOS. The third kappa shape index (κ3) is 3.15. The minimum Gasteiger partial charge on any atom is -0.342 e. The van der Waals surface area contributed by atoms with Gasteiger partial charge in [0.2, 0.25) is 0 Å². The molecule has 0 aliphatic rings. The van der Waals surface area contributed by atoms with Crippen LogP contribution in [0.15, 0.2) is 94.9 Å². The van der Waals surface area contributed by atoms with Gasteiger partial charge in [-0.3, -0.25) is 0 Å². The van der Waals surface area contributed by atoms with E-state index in [9.17, 15) is 4.21 Å². The van der Waals surface area contributed by atoms with Crippen LogP contribution in [0.3, 0.4) is 0 Å². The van der Waals surface area contributed by atoms with Crippen LogP contribution in [0.4, 0.5) is 0 Å². The fraction of sp³-hybridized carbons (Fsp3) is 0.0909. The van der Waals surface area contributed by atoms with Gasteiger partial charge in [-0.05, 0) is 30.7 Å². The van der Waals surface area contributed by atoms with Crippen LogP contribution in [0.2, 0.25) is 0 Å². The van der Waals surface area contributed by atoms with E-state index in [1.54, 1.807) is 0 Å². The molecule has 1 atom stereocenters. The predicted octanol–water partition coefficient (Wildman–Crippen LogP) is 5.16. The van der Waals surface area contributed by atoms with Crippen molar-refractivity contribution in [2.24, 2.45) is 0 Å². The van der Waals surface area contributed by atoms with E-state index in [2.05, 4.69) is 28.8 Å². The van der Waals surface area contributed by atoms with Crippen molar-refractivity contribution in [1.29, 1.82) is 0 Å². The molecule has 3 aromatic carbocycles. The smallest absolute Gasteiger partial charge is 0.0871 e. The monoisotopic (exact) mass is 345 g/mol. The van der Waals surface area contributed by atoms with Crippen LogP contribution in [-0.4, -0.2) is 8.78 Å². The summed E-state index contributed by atoms with van der Waals surface area (Å²) in [5, 5.41) is 1.05. The van der Waals surface area contributed by atoms with Gasteiger partial charge in [0.05, 0.1) is 15.7 Å². The molecule has 0 N–H and O–H groups in total. The minimum absolute atomic E-state index is 0.770. The number of aryl methyl sites for hydroxylation is 1. The van der Waals surface area contributed by atoms with Crippen molar-refractivity contribution in [3.8, 4) is 0 Å². The first-order valence-electron chi connectivity index (χ1n) is 8.32. The van der Waals surface area contributed by atoms with E-state index in [-0.39, 0.29) is 0 Å². The van der Waals surface area contributed by atoms with Crippen molar-refractivity contribution in [1.82, 2.24) is 4.57 Å². The van der Waals surface area contributed by atoms with Crippen LogP contribution in [0, 0.1) is 6.92 Å². The van der Waals surface area contributed by atoms with Crippen LogP contribution in [-0.2, 0) is 17.3 Å². The van der Waals surface area contributed by atoms with E-state index in [0.717, 1.165) is 27.2 Å². The summed E-state index contributed by atoms with van der Waals surface area (Å²) < 4.78 is 15.3. The fourth-order valence-corrected chi connectivity index (χ4v) is 4.29. The molecule has 0 saturated carbocycles. The summed E-state index contributed by atoms with van der Waals surface area (Å²) in [6.45, 7) is 2.81. The van der Waals surface area contributed by atoms with Crippen LogP contribution < -0.4 is 0 Å². The number of hydrogen-bond donors (Lipinski definition) is 0. The van der Waals surface area contributed by atoms with Crippen LogP contribution >= 0.6 is 0 Å². The number of aromatic nitrogens is 1.